The van der Waals surface area contributed by atoms with Crippen molar-refractivity contribution in [3.63, 3.8) is 0 Å². The van der Waals surface area contributed by atoms with Gasteiger partial charge in [-0.3, -0.25) is 0 Å². The zero-order chi connectivity index (χ0) is 13.3. The van der Waals surface area contributed by atoms with E-state index in [4.69, 9.17) is 5.73 Å². The van der Waals surface area contributed by atoms with E-state index in [1.165, 1.54) is 43.4 Å². The van der Waals surface area contributed by atoms with Crippen LogP contribution in [0.4, 0.5) is 0 Å². The van der Waals surface area contributed by atoms with Crippen LogP contribution < -0.4 is 5.73 Å². The highest BCUT2D eigenvalue weighted by molar-refractivity contribution is 8.04. The summed E-state index contributed by atoms with van der Waals surface area (Å²) in [6.07, 6.45) is 8.24. The lowest BCUT2D eigenvalue weighted by Crippen LogP contribution is -2.51. The average Bonchev–Trinajstić information content (AvgIpc) is 2.24. The number of rotatable bonds is 3. The van der Waals surface area contributed by atoms with Gasteiger partial charge in [0.05, 0.1) is 0 Å². The lowest BCUT2D eigenvalue weighted by Gasteiger charge is -2.49. The maximum atomic E-state index is 6.30. The third-order valence-corrected chi connectivity index (χ3v) is 5.71. The van der Waals surface area contributed by atoms with Crippen molar-refractivity contribution in [3.8, 4) is 0 Å². The molecule has 0 amide bonds. The minimum Gasteiger partial charge on any atom is -0.327 e. The number of thioether (sulfide) groups is 1. The van der Waals surface area contributed by atoms with Crippen LogP contribution in [0.25, 0.3) is 0 Å². The molecule has 2 saturated carbocycles. The highest BCUT2D eigenvalue weighted by Crippen LogP contribution is 2.51. The SMILES string of the molecule is C=C(SC(C)(C)C)C1C[C@@H](N)C1C1CCCCC1. The van der Waals surface area contributed by atoms with Crippen LogP contribution >= 0.6 is 11.8 Å². The van der Waals surface area contributed by atoms with Gasteiger partial charge in [-0.05, 0) is 29.1 Å². The summed E-state index contributed by atoms with van der Waals surface area (Å²) in [5, 5.41) is 0. The van der Waals surface area contributed by atoms with E-state index in [2.05, 4.69) is 27.4 Å². The largest absolute Gasteiger partial charge is 0.327 e. The summed E-state index contributed by atoms with van der Waals surface area (Å²) in [6.45, 7) is 11.2. The smallest absolute Gasteiger partial charge is 0.0119 e. The third-order valence-electron chi connectivity index (χ3n) is 4.53. The average molecular weight is 267 g/mol. The van der Waals surface area contributed by atoms with Gasteiger partial charge >= 0.3 is 0 Å². The first kappa shape index (κ1) is 14.5. The highest BCUT2D eigenvalue weighted by Gasteiger charge is 2.45. The molecule has 0 heterocycles. The van der Waals surface area contributed by atoms with E-state index >= 15 is 0 Å². The van der Waals surface area contributed by atoms with E-state index in [0.29, 0.717) is 12.0 Å². The van der Waals surface area contributed by atoms with Crippen molar-refractivity contribution in [1.82, 2.24) is 0 Å². The standard InChI is InChI=1S/C16H29NS/c1-11(18-16(2,3)4)13-10-14(17)15(13)12-8-6-5-7-9-12/h12-15H,1,5-10,17H2,2-4H3/t13?,14-,15?/m1/s1. The molecule has 0 radical (unpaired) electrons. The minimum atomic E-state index is 0.286. The molecule has 104 valence electrons. The maximum Gasteiger partial charge on any atom is 0.0119 e. The number of hydrogen-bond donors (Lipinski definition) is 1. The fourth-order valence-corrected chi connectivity index (χ4v) is 4.91. The predicted octanol–water partition coefficient (Wildman–Crippen LogP) is 4.58. The fraction of sp³-hybridized carbons (Fsp3) is 0.875. The highest BCUT2D eigenvalue weighted by atomic mass is 32.2. The summed E-state index contributed by atoms with van der Waals surface area (Å²) in [7, 11) is 0. The monoisotopic (exact) mass is 267 g/mol. The second-order valence-corrected chi connectivity index (χ2v) is 9.12. The Morgan fingerprint density at radius 1 is 1.17 bits per heavy atom. The van der Waals surface area contributed by atoms with Crippen LogP contribution in [0.2, 0.25) is 0 Å². The Balaban J connectivity index is 1.94. The maximum absolute atomic E-state index is 6.30. The molecule has 0 aliphatic heterocycles. The normalized spacial score (nSPS) is 34.1. The van der Waals surface area contributed by atoms with Crippen molar-refractivity contribution in [1.29, 1.82) is 0 Å². The van der Waals surface area contributed by atoms with Crippen LogP contribution in [0, 0.1) is 17.8 Å². The van der Waals surface area contributed by atoms with Gasteiger partial charge in [-0.1, -0.05) is 59.5 Å². The van der Waals surface area contributed by atoms with Crippen molar-refractivity contribution in [3.05, 3.63) is 11.5 Å². The van der Waals surface area contributed by atoms with Gasteiger partial charge < -0.3 is 5.73 Å². The Bertz CT molecular complexity index is 299. The molecule has 2 rings (SSSR count). The third kappa shape index (κ3) is 3.33. The van der Waals surface area contributed by atoms with E-state index in [0.717, 1.165) is 11.8 Å². The van der Waals surface area contributed by atoms with Gasteiger partial charge in [-0.15, -0.1) is 11.8 Å². The van der Waals surface area contributed by atoms with Crippen molar-refractivity contribution in [2.24, 2.45) is 23.5 Å². The second kappa shape index (κ2) is 5.58. The van der Waals surface area contributed by atoms with Gasteiger partial charge in [0, 0.05) is 10.8 Å². The second-order valence-electron chi connectivity index (χ2n) is 7.16. The molecule has 0 aromatic rings. The molecule has 2 aliphatic carbocycles. The molecule has 0 saturated heterocycles. The summed E-state index contributed by atoms with van der Waals surface area (Å²) < 4.78 is 0.286. The predicted molar refractivity (Wildman–Crippen MR) is 82.6 cm³/mol. The molecular formula is C16H29NS. The van der Waals surface area contributed by atoms with Gasteiger partial charge in [0.1, 0.15) is 0 Å². The number of allylic oxidation sites excluding steroid dienone is 1. The van der Waals surface area contributed by atoms with E-state index in [9.17, 15) is 0 Å². The first-order valence-corrected chi connectivity index (χ1v) is 8.33. The Kier molecular flexibility index (Phi) is 4.48. The molecule has 0 aromatic heterocycles. The number of hydrogen-bond acceptors (Lipinski definition) is 2. The summed E-state index contributed by atoms with van der Waals surface area (Å²) in [4.78, 5) is 1.39. The lowest BCUT2D eigenvalue weighted by molar-refractivity contribution is 0.0791. The lowest BCUT2D eigenvalue weighted by atomic mass is 9.60. The van der Waals surface area contributed by atoms with Gasteiger partial charge in [0.25, 0.3) is 0 Å². The molecule has 2 N–H and O–H groups in total. The van der Waals surface area contributed by atoms with Crippen molar-refractivity contribution in [2.75, 3.05) is 0 Å². The molecule has 2 fully saturated rings. The Hall–Kier alpha value is 0.0500. The van der Waals surface area contributed by atoms with Crippen molar-refractivity contribution in [2.45, 2.75) is 70.1 Å². The zero-order valence-corrected chi connectivity index (χ0v) is 13.1. The molecular weight excluding hydrogens is 238 g/mol. The summed E-state index contributed by atoms with van der Waals surface area (Å²) in [5.74, 6) is 2.30. The van der Waals surface area contributed by atoms with Crippen LogP contribution in [0.3, 0.4) is 0 Å². The first-order valence-electron chi connectivity index (χ1n) is 7.52. The van der Waals surface area contributed by atoms with Crippen LogP contribution in [0.15, 0.2) is 11.5 Å². The van der Waals surface area contributed by atoms with Crippen molar-refractivity contribution < 1.29 is 0 Å². The summed E-state index contributed by atoms with van der Waals surface area (Å²) >= 11 is 1.96. The molecule has 0 bridgehead atoms. The summed E-state index contributed by atoms with van der Waals surface area (Å²) in [5.41, 5.74) is 6.30. The Labute approximate surface area is 117 Å². The molecule has 2 heteroatoms. The number of nitrogens with two attached hydrogens (primary N) is 1. The molecule has 0 aromatic carbocycles. The molecule has 2 aliphatic rings. The van der Waals surface area contributed by atoms with Crippen molar-refractivity contribution >= 4 is 11.8 Å². The molecule has 2 unspecified atom stereocenters. The zero-order valence-electron chi connectivity index (χ0n) is 12.2. The molecule has 3 atom stereocenters. The van der Waals surface area contributed by atoms with E-state index in [-0.39, 0.29) is 4.75 Å². The molecule has 1 nitrogen and oxygen atoms in total. The minimum absolute atomic E-state index is 0.286. The van der Waals surface area contributed by atoms with Crippen LogP contribution in [0.1, 0.15) is 59.3 Å². The van der Waals surface area contributed by atoms with Crippen LogP contribution in [0.5, 0.6) is 0 Å². The molecule has 18 heavy (non-hydrogen) atoms. The Morgan fingerprint density at radius 3 is 2.28 bits per heavy atom. The van der Waals surface area contributed by atoms with Crippen LogP contribution in [-0.4, -0.2) is 10.8 Å². The van der Waals surface area contributed by atoms with E-state index in [1.54, 1.807) is 0 Å². The molecule has 0 spiro atoms. The van der Waals surface area contributed by atoms with Gasteiger partial charge in [-0.25, -0.2) is 0 Å². The topological polar surface area (TPSA) is 26.0 Å². The van der Waals surface area contributed by atoms with Gasteiger partial charge in [0.15, 0.2) is 0 Å². The van der Waals surface area contributed by atoms with Crippen LogP contribution in [-0.2, 0) is 0 Å². The van der Waals surface area contributed by atoms with Gasteiger partial charge in [-0.2, -0.15) is 0 Å². The van der Waals surface area contributed by atoms with Gasteiger partial charge in [0.2, 0.25) is 0 Å². The van der Waals surface area contributed by atoms with E-state index in [1.807, 2.05) is 11.8 Å². The Morgan fingerprint density at radius 2 is 1.78 bits per heavy atom. The summed E-state index contributed by atoms with van der Waals surface area (Å²) in [6, 6.07) is 0.440. The quantitative estimate of drug-likeness (QED) is 0.810. The van der Waals surface area contributed by atoms with E-state index < -0.39 is 0 Å². The fourth-order valence-electron chi connectivity index (χ4n) is 3.72. The first-order chi connectivity index (χ1) is 8.38.